The van der Waals surface area contributed by atoms with E-state index in [-0.39, 0.29) is 5.91 Å². The molecule has 0 unspecified atom stereocenters. The predicted octanol–water partition coefficient (Wildman–Crippen LogP) is 2.72. The normalized spacial score (nSPS) is 14.3. The zero-order chi connectivity index (χ0) is 14.6. The SMILES string of the molecule is CCC(CC)(CN)C(=O)Nc1ccc2c(c1)CCCO2. The van der Waals surface area contributed by atoms with E-state index in [1.807, 2.05) is 32.0 Å². The van der Waals surface area contributed by atoms with Gasteiger partial charge in [-0.25, -0.2) is 0 Å². The lowest BCUT2D eigenvalue weighted by atomic mass is 9.81. The summed E-state index contributed by atoms with van der Waals surface area (Å²) in [4.78, 5) is 12.5. The first kappa shape index (κ1) is 14.9. The summed E-state index contributed by atoms with van der Waals surface area (Å²) in [6.07, 6.45) is 3.53. The summed E-state index contributed by atoms with van der Waals surface area (Å²) in [5.74, 6) is 0.951. The molecule has 1 aliphatic rings. The molecule has 4 heteroatoms. The minimum Gasteiger partial charge on any atom is -0.493 e. The molecule has 110 valence electrons. The lowest BCUT2D eigenvalue weighted by Gasteiger charge is -2.28. The van der Waals surface area contributed by atoms with Gasteiger partial charge in [-0.05, 0) is 49.4 Å². The molecule has 20 heavy (non-hydrogen) atoms. The summed E-state index contributed by atoms with van der Waals surface area (Å²) in [6, 6.07) is 5.85. The third-order valence-electron chi connectivity index (χ3n) is 4.39. The zero-order valence-electron chi connectivity index (χ0n) is 12.4. The number of nitrogens with two attached hydrogens (primary N) is 1. The summed E-state index contributed by atoms with van der Waals surface area (Å²) in [5, 5.41) is 3.01. The molecule has 4 nitrogen and oxygen atoms in total. The molecule has 0 saturated heterocycles. The predicted molar refractivity (Wildman–Crippen MR) is 81.0 cm³/mol. The Hall–Kier alpha value is -1.55. The number of anilines is 1. The molecule has 1 aromatic rings. The number of amides is 1. The maximum absolute atomic E-state index is 12.5. The van der Waals surface area contributed by atoms with Crippen molar-refractivity contribution in [2.75, 3.05) is 18.5 Å². The average Bonchev–Trinajstić information content (AvgIpc) is 2.49. The summed E-state index contributed by atoms with van der Waals surface area (Å²) in [6.45, 7) is 5.17. The first-order valence-electron chi connectivity index (χ1n) is 7.42. The van der Waals surface area contributed by atoms with Gasteiger partial charge in [-0.2, -0.15) is 0 Å². The number of carbonyl (C=O) groups excluding carboxylic acids is 1. The van der Waals surface area contributed by atoms with E-state index in [9.17, 15) is 4.79 Å². The van der Waals surface area contributed by atoms with E-state index in [2.05, 4.69) is 5.32 Å². The molecule has 0 bridgehead atoms. The van der Waals surface area contributed by atoms with Crippen LogP contribution in [0.4, 0.5) is 5.69 Å². The fourth-order valence-corrected chi connectivity index (χ4v) is 2.65. The van der Waals surface area contributed by atoms with Gasteiger partial charge in [0.25, 0.3) is 0 Å². The highest BCUT2D eigenvalue weighted by atomic mass is 16.5. The second-order valence-electron chi connectivity index (χ2n) is 5.42. The highest BCUT2D eigenvalue weighted by Gasteiger charge is 2.33. The van der Waals surface area contributed by atoms with Gasteiger partial charge in [-0.3, -0.25) is 4.79 Å². The number of ether oxygens (including phenoxy) is 1. The Morgan fingerprint density at radius 2 is 2.15 bits per heavy atom. The number of hydrogen-bond acceptors (Lipinski definition) is 3. The van der Waals surface area contributed by atoms with E-state index in [1.165, 1.54) is 5.56 Å². The van der Waals surface area contributed by atoms with E-state index in [0.29, 0.717) is 6.54 Å². The Morgan fingerprint density at radius 3 is 2.80 bits per heavy atom. The highest BCUT2D eigenvalue weighted by molar-refractivity contribution is 5.95. The number of rotatable bonds is 5. The van der Waals surface area contributed by atoms with E-state index in [4.69, 9.17) is 10.5 Å². The van der Waals surface area contributed by atoms with Gasteiger partial charge in [0.15, 0.2) is 0 Å². The quantitative estimate of drug-likeness (QED) is 0.869. The highest BCUT2D eigenvalue weighted by Crippen LogP contribution is 2.30. The van der Waals surface area contributed by atoms with Crippen LogP contribution in [0.1, 0.15) is 38.7 Å². The fraction of sp³-hybridized carbons (Fsp3) is 0.562. The maximum Gasteiger partial charge on any atom is 0.231 e. The molecule has 2 rings (SSSR count). The van der Waals surface area contributed by atoms with Crippen LogP contribution >= 0.6 is 0 Å². The molecule has 0 atom stereocenters. The van der Waals surface area contributed by atoms with Crippen LogP contribution in [0.25, 0.3) is 0 Å². The van der Waals surface area contributed by atoms with Gasteiger partial charge < -0.3 is 15.8 Å². The standard InChI is InChI=1S/C16H24N2O2/c1-3-16(4-2,11-17)15(19)18-13-7-8-14-12(10-13)6-5-9-20-14/h7-8,10H,3-6,9,11,17H2,1-2H3,(H,18,19). The molecule has 0 spiro atoms. The third-order valence-corrected chi connectivity index (χ3v) is 4.39. The molecule has 0 aromatic heterocycles. The Morgan fingerprint density at radius 1 is 1.40 bits per heavy atom. The van der Waals surface area contributed by atoms with E-state index in [1.54, 1.807) is 0 Å². The summed E-state index contributed by atoms with van der Waals surface area (Å²) >= 11 is 0. The Balaban J connectivity index is 2.15. The second-order valence-corrected chi connectivity index (χ2v) is 5.42. The Labute approximate surface area is 120 Å². The topological polar surface area (TPSA) is 64.4 Å². The van der Waals surface area contributed by atoms with E-state index < -0.39 is 5.41 Å². The minimum absolute atomic E-state index is 0.0154. The van der Waals surface area contributed by atoms with Crippen molar-refractivity contribution in [2.24, 2.45) is 11.1 Å². The van der Waals surface area contributed by atoms with Crippen LogP contribution < -0.4 is 15.8 Å². The number of benzene rings is 1. The van der Waals surface area contributed by atoms with Crippen molar-refractivity contribution in [1.82, 2.24) is 0 Å². The largest absolute Gasteiger partial charge is 0.493 e. The Bertz CT molecular complexity index is 473. The van der Waals surface area contributed by atoms with Gasteiger partial charge in [-0.15, -0.1) is 0 Å². The molecule has 0 fully saturated rings. The molecule has 1 aliphatic heterocycles. The van der Waals surface area contributed by atoms with Gasteiger partial charge in [-0.1, -0.05) is 13.8 Å². The third kappa shape index (κ3) is 2.80. The van der Waals surface area contributed by atoms with Gasteiger partial charge in [0.05, 0.1) is 12.0 Å². The zero-order valence-corrected chi connectivity index (χ0v) is 12.4. The fourth-order valence-electron chi connectivity index (χ4n) is 2.65. The first-order valence-corrected chi connectivity index (χ1v) is 7.42. The number of carbonyl (C=O) groups is 1. The van der Waals surface area contributed by atoms with Crippen molar-refractivity contribution in [3.63, 3.8) is 0 Å². The van der Waals surface area contributed by atoms with Gasteiger partial charge >= 0.3 is 0 Å². The number of nitrogens with one attached hydrogen (secondary N) is 1. The van der Waals surface area contributed by atoms with Gasteiger partial charge in [0.1, 0.15) is 5.75 Å². The molecule has 0 aliphatic carbocycles. The average molecular weight is 276 g/mol. The van der Waals surface area contributed by atoms with Crippen LogP contribution in [0.15, 0.2) is 18.2 Å². The summed E-state index contributed by atoms with van der Waals surface area (Å²) in [5.41, 5.74) is 7.35. The molecule has 3 N–H and O–H groups in total. The molecule has 0 radical (unpaired) electrons. The van der Waals surface area contributed by atoms with Crippen molar-refractivity contribution in [3.8, 4) is 5.75 Å². The van der Waals surface area contributed by atoms with Crippen molar-refractivity contribution < 1.29 is 9.53 Å². The lowest BCUT2D eigenvalue weighted by molar-refractivity contribution is -0.125. The van der Waals surface area contributed by atoms with Gasteiger partial charge in [0.2, 0.25) is 5.91 Å². The van der Waals surface area contributed by atoms with E-state index in [0.717, 1.165) is 43.7 Å². The molecule has 0 saturated carbocycles. The first-order chi connectivity index (χ1) is 9.65. The summed E-state index contributed by atoms with van der Waals surface area (Å²) < 4.78 is 5.58. The lowest BCUT2D eigenvalue weighted by Crippen LogP contribution is -2.41. The monoisotopic (exact) mass is 276 g/mol. The summed E-state index contributed by atoms with van der Waals surface area (Å²) in [7, 11) is 0. The number of aryl methyl sites for hydroxylation is 1. The van der Waals surface area contributed by atoms with Crippen molar-refractivity contribution in [2.45, 2.75) is 39.5 Å². The molecule has 1 amide bonds. The van der Waals surface area contributed by atoms with Crippen LogP contribution in [0.2, 0.25) is 0 Å². The smallest absolute Gasteiger partial charge is 0.231 e. The minimum atomic E-state index is -0.466. The van der Waals surface area contributed by atoms with Crippen molar-refractivity contribution in [3.05, 3.63) is 23.8 Å². The maximum atomic E-state index is 12.5. The second kappa shape index (κ2) is 6.27. The molecular weight excluding hydrogens is 252 g/mol. The van der Waals surface area contributed by atoms with Crippen LogP contribution in [0, 0.1) is 5.41 Å². The van der Waals surface area contributed by atoms with Crippen molar-refractivity contribution in [1.29, 1.82) is 0 Å². The molecule has 1 heterocycles. The number of fused-ring (bicyclic) bond motifs is 1. The van der Waals surface area contributed by atoms with Crippen LogP contribution in [0.5, 0.6) is 5.75 Å². The Kier molecular flexibility index (Phi) is 4.65. The number of hydrogen-bond donors (Lipinski definition) is 2. The van der Waals surface area contributed by atoms with E-state index >= 15 is 0 Å². The van der Waals surface area contributed by atoms with Crippen LogP contribution in [-0.2, 0) is 11.2 Å². The van der Waals surface area contributed by atoms with Crippen LogP contribution in [0.3, 0.4) is 0 Å². The molecule has 1 aromatic carbocycles. The van der Waals surface area contributed by atoms with Crippen molar-refractivity contribution >= 4 is 11.6 Å². The van der Waals surface area contributed by atoms with Gasteiger partial charge in [0, 0.05) is 12.2 Å². The van der Waals surface area contributed by atoms with Crippen LogP contribution in [-0.4, -0.2) is 19.1 Å². The molecular formula is C16H24N2O2.